The number of carbonyl (C=O) groups is 3. The second kappa shape index (κ2) is 9.87. The lowest BCUT2D eigenvalue weighted by Gasteiger charge is -2.32. The van der Waals surface area contributed by atoms with Gasteiger partial charge in [-0.05, 0) is 49.9 Å². The lowest BCUT2D eigenvalue weighted by atomic mass is 9.88. The van der Waals surface area contributed by atoms with E-state index in [2.05, 4.69) is 10.6 Å². The van der Waals surface area contributed by atoms with Crippen LogP contribution in [0.1, 0.15) is 76.0 Å². The third-order valence-corrected chi connectivity index (χ3v) is 7.05. The van der Waals surface area contributed by atoms with Gasteiger partial charge in [-0.1, -0.05) is 31.4 Å². The van der Waals surface area contributed by atoms with E-state index >= 15 is 0 Å². The van der Waals surface area contributed by atoms with Crippen LogP contribution < -0.4 is 15.5 Å². The predicted octanol–water partition coefficient (Wildman–Crippen LogP) is 5.02. The van der Waals surface area contributed by atoms with Gasteiger partial charge in [0.15, 0.2) is 5.78 Å². The van der Waals surface area contributed by atoms with Gasteiger partial charge in [0.05, 0.1) is 17.6 Å². The van der Waals surface area contributed by atoms with Crippen LogP contribution >= 0.6 is 0 Å². The highest BCUT2D eigenvalue weighted by Crippen LogP contribution is 2.45. The van der Waals surface area contributed by atoms with Crippen LogP contribution in [-0.4, -0.2) is 23.6 Å². The number of nitrogens with zero attached hydrogens (tertiary/aromatic N) is 1. The number of para-hydroxylation sites is 2. The molecule has 178 valence electrons. The maximum Gasteiger partial charge on any atom is 0.228 e. The molecule has 7 heteroatoms. The van der Waals surface area contributed by atoms with Crippen LogP contribution in [0, 0.1) is 0 Å². The quantitative estimate of drug-likeness (QED) is 0.653. The highest BCUT2D eigenvalue weighted by Gasteiger charge is 2.40. The molecule has 1 aromatic carbocycles. The summed E-state index contributed by atoms with van der Waals surface area (Å²) >= 11 is 0. The topological polar surface area (TPSA) is 91.7 Å². The number of furan rings is 1. The van der Waals surface area contributed by atoms with E-state index in [4.69, 9.17) is 4.42 Å². The van der Waals surface area contributed by atoms with Crippen LogP contribution in [0.5, 0.6) is 0 Å². The molecule has 2 amide bonds. The molecule has 1 atom stereocenters. The number of Topliss-reactive ketones (excluding diaryl/α,β-unsaturated/α-hetero) is 1. The van der Waals surface area contributed by atoms with Gasteiger partial charge >= 0.3 is 0 Å². The number of allylic oxidation sites excluding steroid dienone is 1. The largest absolute Gasteiger partial charge is 0.467 e. The van der Waals surface area contributed by atoms with Gasteiger partial charge in [0.25, 0.3) is 0 Å². The fourth-order valence-electron chi connectivity index (χ4n) is 5.41. The summed E-state index contributed by atoms with van der Waals surface area (Å²) in [6, 6.07) is 10.7. The van der Waals surface area contributed by atoms with Crippen LogP contribution in [0.4, 0.5) is 11.4 Å². The molecule has 0 saturated heterocycles. The van der Waals surface area contributed by atoms with E-state index in [1.54, 1.807) is 23.3 Å². The lowest BCUT2D eigenvalue weighted by molar-refractivity contribution is -0.126. The second-order valence-corrected chi connectivity index (χ2v) is 9.40. The highest BCUT2D eigenvalue weighted by molar-refractivity contribution is 6.06. The van der Waals surface area contributed by atoms with Gasteiger partial charge in [-0.25, -0.2) is 0 Å². The predicted molar refractivity (Wildman–Crippen MR) is 129 cm³/mol. The SMILES string of the molecule is O=C(CCC(=O)N1c2ccccc2NC2=C(C(=O)CCC2)C1c1ccco1)NC1CCCCC1. The first-order valence-electron chi connectivity index (χ1n) is 12.4. The smallest absolute Gasteiger partial charge is 0.228 e. The number of fused-ring (bicyclic) bond motifs is 1. The Bertz CT molecular complexity index is 1100. The Hall–Kier alpha value is -3.35. The van der Waals surface area contributed by atoms with Crippen molar-refractivity contribution in [3.05, 3.63) is 59.7 Å². The first-order chi connectivity index (χ1) is 16.6. The molecule has 0 bridgehead atoms. The van der Waals surface area contributed by atoms with Crippen molar-refractivity contribution in [2.45, 2.75) is 76.3 Å². The summed E-state index contributed by atoms with van der Waals surface area (Å²) in [6.07, 6.45) is 9.19. The average molecular weight is 462 g/mol. The maximum atomic E-state index is 13.7. The van der Waals surface area contributed by atoms with Gasteiger partial charge in [0.1, 0.15) is 11.8 Å². The van der Waals surface area contributed by atoms with Crippen molar-refractivity contribution in [1.29, 1.82) is 0 Å². The Morgan fingerprint density at radius 1 is 1.00 bits per heavy atom. The first kappa shape index (κ1) is 22.4. The first-order valence-corrected chi connectivity index (χ1v) is 12.4. The fraction of sp³-hybridized carbons (Fsp3) is 0.444. The van der Waals surface area contributed by atoms with Crippen molar-refractivity contribution in [2.75, 3.05) is 10.2 Å². The van der Waals surface area contributed by atoms with Crippen molar-refractivity contribution in [3.63, 3.8) is 0 Å². The van der Waals surface area contributed by atoms with Gasteiger partial charge in [-0.2, -0.15) is 0 Å². The van der Waals surface area contributed by atoms with Gasteiger partial charge in [-0.3, -0.25) is 19.3 Å². The number of nitrogens with one attached hydrogen (secondary N) is 2. The van der Waals surface area contributed by atoms with E-state index in [-0.39, 0.29) is 36.5 Å². The standard InChI is InChI=1S/C27H31N3O4/c31-22-13-6-11-20-26(22)27(23-14-7-17-34-23)30(21-12-5-4-10-19(21)29-20)25(33)16-15-24(32)28-18-8-2-1-3-9-18/h4-5,7,10,12,14,17-18,27,29H,1-3,6,8-9,11,13,15-16H2,(H,28,32). The zero-order valence-corrected chi connectivity index (χ0v) is 19.3. The molecule has 2 N–H and O–H groups in total. The molecule has 2 aliphatic carbocycles. The Balaban J connectivity index is 1.45. The molecule has 1 aliphatic heterocycles. The molecule has 3 aliphatic rings. The molecule has 2 heterocycles. The van der Waals surface area contributed by atoms with Crippen molar-refractivity contribution in [3.8, 4) is 0 Å². The fourth-order valence-corrected chi connectivity index (χ4v) is 5.41. The number of benzene rings is 1. The minimum atomic E-state index is -0.664. The van der Waals surface area contributed by atoms with Crippen molar-refractivity contribution >= 4 is 29.0 Å². The van der Waals surface area contributed by atoms with Gasteiger partial charge < -0.3 is 15.1 Å². The molecule has 0 radical (unpaired) electrons. The van der Waals surface area contributed by atoms with E-state index in [0.29, 0.717) is 23.4 Å². The molecular weight excluding hydrogens is 430 g/mol. The monoisotopic (exact) mass is 461 g/mol. The second-order valence-electron chi connectivity index (χ2n) is 9.40. The number of ketones is 1. The zero-order chi connectivity index (χ0) is 23.5. The maximum absolute atomic E-state index is 13.7. The van der Waals surface area contributed by atoms with Gasteiger partial charge in [0.2, 0.25) is 11.8 Å². The minimum Gasteiger partial charge on any atom is -0.467 e. The summed E-state index contributed by atoms with van der Waals surface area (Å²) in [5, 5.41) is 6.53. The van der Waals surface area contributed by atoms with Crippen LogP contribution in [0.15, 0.2) is 58.3 Å². The van der Waals surface area contributed by atoms with Crippen LogP contribution in [0.2, 0.25) is 0 Å². The Kier molecular flexibility index (Phi) is 6.52. The number of hydrogen-bond acceptors (Lipinski definition) is 5. The number of amides is 2. The van der Waals surface area contributed by atoms with E-state index in [1.807, 2.05) is 24.3 Å². The Morgan fingerprint density at radius 3 is 2.62 bits per heavy atom. The highest BCUT2D eigenvalue weighted by atomic mass is 16.3. The third-order valence-electron chi connectivity index (χ3n) is 7.05. The number of hydrogen-bond donors (Lipinski definition) is 2. The molecule has 7 nitrogen and oxygen atoms in total. The van der Waals surface area contributed by atoms with E-state index in [0.717, 1.165) is 49.9 Å². The minimum absolute atomic E-state index is 0.0239. The van der Waals surface area contributed by atoms with Gasteiger partial charge in [-0.15, -0.1) is 0 Å². The normalized spacial score (nSPS) is 20.8. The molecular formula is C27H31N3O4. The van der Waals surface area contributed by atoms with Crippen LogP contribution in [0.3, 0.4) is 0 Å². The molecule has 34 heavy (non-hydrogen) atoms. The summed E-state index contributed by atoms with van der Waals surface area (Å²) in [4.78, 5) is 41.2. The molecule has 1 saturated carbocycles. The summed E-state index contributed by atoms with van der Waals surface area (Å²) < 4.78 is 5.76. The van der Waals surface area contributed by atoms with Crippen LogP contribution in [0.25, 0.3) is 0 Å². The van der Waals surface area contributed by atoms with E-state index < -0.39 is 6.04 Å². The molecule has 1 unspecified atom stereocenters. The lowest BCUT2D eigenvalue weighted by Crippen LogP contribution is -2.39. The number of carbonyl (C=O) groups excluding carboxylic acids is 3. The molecule has 1 aromatic heterocycles. The average Bonchev–Trinajstić information content (AvgIpc) is 3.33. The van der Waals surface area contributed by atoms with E-state index in [9.17, 15) is 14.4 Å². The molecule has 5 rings (SSSR count). The van der Waals surface area contributed by atoms with Crippen molar-refractivity contribution in [1.82, 2.24) is 5.32 Å². The van der Waals surface area contributed by atoms with Crippen molar-refractivity contribution < 1.29 is 18.8 Å². The summed E-state index contributed by atoms with van der Waals surface area (Å²) in [5.74, 6) is 0.267. The van der Waals surface area contributed by atoms with Crippen molar-refractivity contribution in [2.24, 2.45) is 0 Å². The number of rotatable bonds is 5. The molecule has 1 fully saturated rings. The summed E-state index contributed by atoms with van der Waals surface area (Å²) in [5.41, 5.74) is 2.88. The molecule has 0 spiro atoms. The van der Waals surface area contributed by atoms with Crippen LogP contribution in [-0.2, 0) is 14.4 Å². The third kappa shape index (κ3) is 4.52. The summed E-state index contributed by atoms with van der Waals surface area (Å²) in [7, 11) is 0. The van der Waals surface area contributed by atoms with Gasteiger partial charge in [0, 0.05) is 36.6 Å². The Labute approximate surface area is 199 Å². The number of anilines is 2. The molecule has 2 aromatic rings. The van der Waals surface area contributed by atoms with E-state index in [1.165, 1.54) is 6.42 Å². The summed E-state index contributed by atoms with van der Waals surface area (Å²) in [6.45, 7) is 0. The zero-order valence-electron chi connectivity index (χ0n) is 19.3. The Morgan fingerprint density at radius 2 is 1.82 bits per heavy atom.